The summed E-state index contributed by atoms with van der Waals surface area (Å²) in [5, 5.41) is 21.0. The molecule has 9 heteroatoms. The summed E-state index contributed by atoms with van der Waals surface area (Å²) in [4.78, 5) is 15.3. The molecule has 96 valence electrons. The van der Waals surface area contributed by atoms with Gasteiger partial charge in [0.05, 0.1) is 11.0 Å². The first-order valence-electron chi connectivity index (χ1n) is 4.76. The van der Waals surface area contributed by atoms with Crippen molar-refractivity contribution in [3.63, 3.8) is 0 Å². The van der Waals surface area contributed by atoms with Gasteiger partial charge in [0.25, 0.3) is 0 Å². The summed E-state index contributed by atoms with van der Waals surface area (Å²) in [6, 6.07) is 1.41. The molecule has 0 radical (unpaired) electrons. The molecule has 18 heavy (non-hydrogen) atoms. The molecule has 0 aliphatic rings. The lowest BCUT2D eigenvalue weighted by molar-refractivity contribution is -0.384. The van der Waals surface area contributed by atoms with Gasteiger partial charge in [-0.25, -0.2) is 4.98 Å². The fourth-order valence-corrected chi connectivity index (χ4v) is 3.44. The molecule has 0 bridgehead atoms. The number of nitrogens with zero attached hydrogens (tertiary/aromatic N) is 3. The van der Waals surface area contributed by atoms with Gasteiger partial charge in [0, 0.05) is 10.9 Å². The molecule has 0 unspecified atom stereocenters. The second kappa shape index (κ2) is 5.38. The normalized spacial score (nSPS) is 12.7. The van der Waals surface area contributed by atoms with E-state index in [1.54, 1.807) is 17.8 Å². The topological polar surface area (TPSA) is 81.2 Å². The average molecular weight is 491 g/mol. The molecule has 2 heterocycles. The summed E-state index contributed by atoms with van der Waals surface area (Å²) < 4.78 is 3.27. The van der Waals surface area contributed by atoms with Gasteiger partial charge in [-0.3, -0.25) is 14.7 Å². The molecule has 0 fully saturated rings. The Morgan fingerprint density at radius 1 is 1.61 bits per heavy atom. The molecule has 1 N–H and O–H groups in total. The molecule has 2 aromatic heterocycles. The van der Waals surface area contributed by atoms with Crippen LogP contribution in [0.1, 0.15) is 17.9 Å². The first-order valence-corrected chi connectivity index (χ1v) is 7.74. The zero-order chi connectivity index (χ0) is 13.4. The Morgan fingerprint density at radius 3 is 2.72 bits per heavy atom. The van der Waals surface area contributed by atoms with E-state index in [1.807, 2.05) is 0 Å². The maximum atomic E-state index is 11.0. The van der Waals surface area contributed by atoms with Crippen LogP contribution >= 0.6 is 56.5 Å². The second-order valence-corrected chi connectivity index (χ2v) is 6.57. The Labute approximate surface area is 133 Å². The predicted octanol–water partition coefficient (Wildman–Crippen LogP) is 3.10. The summed E-state index contributed by atoms with van der Waals surface area (Å²) in [5.74, 6) is 0. The summed E-state index contributed by atoms with van der Waals surface area (Å²) in [6.07, 6.45) is 0.830. The molecule has 0 aliphatic heterocycles. The lowest BCUT2D eigenvalue weighted by Crippen LogP contribution is -1.96. The fourth-order valence-electron chi connectivity index (χ4n) is 1.35. The molecule has 0 spiro atoms. The first-order chi connectivity index (χ1) is 8.41. The van der Waals surface area contributed by atoms with E-state index in [1.165, 1.54) is 17.4 Å². The highest BCUT2D eigenvalue weighted by atomic mass is 127. The van der Waals surface area contributed by atoms with Crippen molar-refractivity contribution in [2.75, 3.05) is 0 Å². The van der Waals surface area contributed by atoms with Crippen LogP contribution in [0.15, 0.2) is 12.4 Å². The van der Waals surface area contributed by atoms with Crippen molar-refractivity contribution in [3.05, 3.63) is 34.8 Å². The Morgan fingerprint density at radius 2 is 2.28 bits per heavy atom. The smallest absolute Gasteiger partial charge is 0.304 e. The lowest BCUT2D eigenvalue weighted by atomic mass is 10.3. The van der Waals surface area contributed by atoms with E-state index in [4.69, 9.17) is 0 Å². The number of nitro groups is 1. The molecule has 0 saturated carbocycles. The van der Waals surface area contributed by atoms with Crippen LogP contribution in [0, 0.1) is 17.5 Å². The number of aliphatic hydroxyl groups is 1. The fraction of sp³-hybridized carbons (Fsp3) is 0.222. The zero-order valence-electron chi connectivity index (χ0n) is 9.00. The standard InChI is InChI=1S/C9H7I2N3O3S/c1-4(15)6-2-5(14(16)17)9(18-6)13-3-12-7(10)8(13)11/h2-4,15H,1H3/t4-/m1/s1. The third-order valence-corrected chi connectivity index (χ3v) is 6.35. The predicted molar refractivity (Wildman–Crippen MR) is 84.2 cm³/mol. The maximum absolute atomic E-state index is 11.0. The van der Waals surface area contributed by atoms with E-state index in [0.717, 1.165) is 7.40 Å². The van der Waals surface area contributed by atoms with Crippen molar-refractivity contribution >= 4 is 62.2 Å². The van der Waals surface area contributed by atoms with Crippen LogP contribution in [0.4, 0.5) is 5.69 Å². The van der Waals surface area contributed by atoms with Crippen molar-refractivity contribution in [1.29, 1.82) is 0 Å². The van der Waals surface area contributed by atoms with Gasteiger partial charge in [0.1, 0.15) is 13.7 Å². The summed E-state index contributed by atoms with van der Waals surface area (Å²) in [7, 11) is 0. The highest BCUT2D eigenvalue weighted by molar-refractivity contribution is 14.1. The van der Waals surface area contributed by atoms with E-state index in [0.29, 0.717) is 9.88 Å². The highest BCUT2D eigenvalue weighted by Gasteiger charge is 2.24. The number of imidazole rings is 1. The quantitative estimate of drug-likeness (QED) is 0.407. The molecule has 2 aromatic rings. The number of thiophene rings is 1. The van der Waals surface area contributed by atoms with Crippen LogP contribution in [0.3, 0.4) is 0 Å². The van der Waals surface area contributed by atoms with Crippen LogP contribution < -0.4 is 0 Å². The molecule has 0 saturated heterocycles. The highest BCUT2D eigenvalue weighted by Crippen LogP contribution is 2.37. The minimum atomic E-state index is -0.720. The van der Waals surface area contributed by atoms with Crippen molar-refractivity contribution in [2.45, 2.75) is 13.0 Å². The van der Waals surface area contributed by atoms with E-state index in [9.17, 15) is 15.2 Å². The number of aliphatic hydroxyl groups excluding tert-OH is 1. The van der Waals surface area contributed by atoms with Crippen molar-refractivity contribution in [3.8, 4) is 5.00 Å². The van der Waals surface area contributed by atoms with Crippen LogP contribution in [0.25, 0.3) is 5.00 Å². The molecular formula is C9H7I2N3O3S. The molecule has 2 rings (SSSR count). The zero-order valence-corrected chi connectivity index (χ0v) is 14.1. The van der Waals surface area contributed by atoms with E-state index < -0.39 is 11.0 Å². The summed E-state index contributed by atoms with van der Waals surface area (Å²) in [6.45, 7) is 1.59. The van der Waals surface area contributed by atoms with Gasteiger partial charge < -0.3 is 5.11 Å². The van der Waals surface area contributed by atoms with Gasteiger partial charge in [-0.1, -0.05) is 0 Å². The first kappa shape index (κ1) is 14.1. The van der Waals surface area contributed by atoms with E-state index in [2.05, 4.69) is 50.2 Å². The largest absolute Gasteiger partial charge is 0.388 e. The number of rotatable bonds is 3. The second-order valence-electron chi connectivity index (χ2n) is 3.47. The number of halogens is 2. The van der Waals surface area contributed by atoms with Crippen LogP contribution in [-0.4, -0.2) is 19.6 Å². The van der Waals surface area contributed by atoms with E-state index >= 15 is 0 Å². The summed E-state index contributed by atoms with van der Waals surface area (Å²) in [5.41, 5.74) is -0.0115. The van der Waals surface area contributed by atoms with Crippen LogP contribution in [-0.2, 0) is 0 Å². The third kappa shape index (κ3) is 2.53. The minimum absolute atomic E-state index is 0.0115. The van der Waals surface area contributed by atoms with Crippen molar-refractivity contribution in [2.24, 2.45) is 0 Å². The Hall–Kier alpha value is -0.270. The Bertz CT molecular complexity index is 608. The van der Waals surface area contributed by atoms with Gasteiger partial charge in [0.2, 0.25) is 0 Å². The molecule has 1 atom stereocenters. The molecular weight excluding hydrogens is 484 g/mol. The third-order valence-electron chi connectivity index (χ3n) is 2.21. The van der Waals surface area contributed by atoms with Gasteiger partial charge in [0.15, 0.2) is 5.00 Å². The van der Waals surface area contributed by atoms with Crippen LogP contribution in [0.2, 0.25) is 0 Å². The molecule has 0 aliphatic carbocycles. The molecule has 6 nitrogen and oxygen atoms in total. The van der Waals surface area contributed by atoms with Crippen LogP contribution in [0.5, 0.6) is 0 Å². The SMILES string of the molecule is C[C@@H](O)c1cc([N+](=O)[O-])c(-n2cnc(I)c2I)s1. The Balaban J connectivity index is 2.62. The number of hydrogen-bond donors (Lipinski definition) is 1. The minimum Gasteiger partial charge on any atom is -0.388 e. The average Bonchev–Trinajstić information content (AvgIpc) is 2.85. The monoisotopic (exact) mass is 491 g/mol. The summed E-state index contributed by atoms with van der Waals surface area (Å²) >= 11 is 5.35. The molecule has 0 aromatic carbocycles. The lowest BCUT2D eigenvalue weighted by Gasteiger charge is -2.00. The van der Waals surface area contributed by atoms with Gasteiger partial charge >= 0.3 is 5.69 Å². The number of hydrogen-bond acceptors (Lipinski definition) is 5. The van der Waals surface area contributed by atoms with Crippen molar-refractivity contribution in [1.82, 2.24) is 9.55 Å². The van der Waals surface area contributed by atoms with Gasteiger partial charge in [-0.05, 0) is 52.1 Å². The van der Waals surface area contributed by atoms with Gasteiger partial charge in [-0.15, -0.1) is 11.3 Å². The maximum Gasteiger partial charge on any atom is 0.304 e. The van der Waals surface area contributed by atoms with E-state index in [-0.39, 0.29) is 5.69 Å². The molecule has 0 amide bonds. The van der Waals surface area contributed by atoms with Gasteiger partial charge in [-0.2, -0.15) is 0 Å². The van der Waals surface area contributed by atoms with Crippen molar-refractivity contribution < 1.29 is 10.0 Å². The number of aromatic nitrogens is 2. The Kier molecular flexibility index (Phi) is 4.23.